The van der Waals surface area contributed by atoms with Gasteiger partial charge in [0.15, 0.2) is 5.13 Å². The molecule has 2 atom stereocenters. The van der Waals surface area contributed by atoms with E-state index in [1.807, 2.05) is 42.8 Å². The number of ether oxygens (including phenoxy) is 1. The molecule has 5 nitrogen and oxygen atoms in total. The highest BCUT2D eigenvalue weighted by atomic mass is 35.5. The molecule has 1 aromatic heterocycles. The Hall–Kier alpha value is -1.18. The van der Waals surface area contributed by atoms with Crippen molar-refractivity contribution in [2.24, 2.45) is 0 Å². The molecule has 1 saturated heterocycles. The summed E-state index contributed by atoms with van der Waals surface area (Å²) >= 11 is 7.58. The monoisotopic (exact) mass is 381 g/mol. The van der Waals surface area contributed by atoms with Crippen LogP contribution in [-0.4, -0.2) is 60.4 Å². The van der Waals surface area contributed by atoms with Crippen molar-refractivity contribution < 1.29 is 9.84 Å². The molecule has 2 aromatic rings. The minimum atomic E-state index is -0.485. The number of nitrogens with zero attached hydrogens (tertiary/aromatic N) is 3. The lowest BCUT2D eigenvalue weighted by molar-refractivity contribution is -0.0162. The van der Waals surface area contributed by atoms with E-state index < -0.39 is 6.10 Å². The third kappa shape index (κ3) is 5.39. The second-order valence-electron chi connectivity index (χ2n) is 6.28. The smallest absolute Gasteiger partial charge is 0.185 e. The van der Waals surface area contributed by atoms with Crippen LogP contribution in [0.25, 0.3) is 0 Å². The van der Waals surface area contributed by atoms with Crippen LogP contribution in [0.1, 0.15) is 18.6 Å². The Morgan fingerprint density at radius 3 is 2.60 bits per heavy atom. The number of benzene rings is 1. The molecule has 0 aliphatic carbocycles. The number of aliphatic hydroxyl groups excluding tert-OH is 1. The Kier molecular flexibility index (Phi) is 6.67. The average molecular weight is 382 g/mol. The fraction of sp³-hybridized carbons (Fsp3) is 0.500. The highest BCUT2D eigenvalue weighted by Crippen LogP contribution is 2.20. The van der Waals surface area contributed by atoms with Gasteiger partial charge in [-0.3, -0.25) is 4.90 Å². The van der Waals surface area contributed by atoms with E-state index in [1.54, 1.807) is 11.3 Å². The molecule has 0 saturated carbocycles. The van der Waals surface area contributed by atoms with Crippen molar-refractivity contribution >= 4 is 28.1 Å². The molecule has 2 heterocycles. The molecule has 1 N–H and O–H groups in total. The molecule has 0 radical (unpaired) electrons. The fourth-order valence-corrected chi connectivity index (χ4v) is 3.75. The number of aliphatic hydroxyl groups is 1. The van der Waals surface area contributed by atoms with Crippen LogP contribution in [0.5, 0.6) is 0 Å². The van der Waals surface area contributed by atoms with Crippen molar-refractivity contribution in [2.75, 3.05) is 44.2 Å². The van der Waals surface area contributed by atoms with Crippen molar-refractivity contribution in [1.29, 1.82) is 0 Å². The number of hydrogen-bond donors (Lipinski definition) is 1. The summed E-state index contributed by atoms with van der Waals surface area (Å²) in [6.45, 7) is 6.72. The molecule has 1 aromatic carbocycles. The van der Waals surface area contributed by atoms with Gasteiger partial charge >= 0.3 is 0 Å². The van der Waals surface area contributed by atoms with E-state index in [0.29, 0.717) is 18.2 Å². The number of piperazine rings is 1. The van der Waals surface area contributed by atoms with E-state index in [-0.39, 0.29) is 6.10 Å². The van der Waals surface area contributed by atoms with Gasteiger partial charge in [0.05, 0.1) is 18.8 Å². The first-order valence-electron chi connectivity index (χ1n) is 8.54. The molecule has 2 unspecified atom stereocenters. The molecule has 1 aliphatic heterocycles. The summed E-state index contributed by atoms with van der Waals surface area (Å²) in [4.78, 5) is 8.94. The van der Waals surface area contributed by atoms with Crippen LogP contribution in [-0.2, 0) is 4.74 Å². The number of thiazole rings is 1. The van der Waals surface area contributed by atoms with Crippen LogP contribution in [0.15, 0.2) is 35.8 Å². The third-order valence-electron chi connectivity index (χ3n) is 4.41. The Morgan fingerprint density at radius 1 is 1.24 bits per heavy atom. The number of rotatable bonds is 7. The van der Waals surface area contributed by atoms with Gasteiger partial charge in [-0.2, -0.15) is 0 Å². The summed E-state index contributed by atoms with van der Waals surface area (Å²) in [5.41, 5.74) is 1.06. The third-order valence-corrected chi connectivity index (χ3v) is 5.49. The number of halogens is 1. The largest absolute Gasteiger partial charge is 0.389 e. The number of hydrogen-bond acceptors (Lipinski definition) is 6. The number of aromatic nitrogens is 1. The van der Waals surface area contributed by atoms with Gasteiger partial charge in [0.2, 0.25) is 0 Å². The van der Waals surface area contributed by atoms with E-state index in [1.165, 1.54) is 0 Å². The van der Waals surface area contributed by atoms with E-state index in [4.69, 9.17) is 16.3 Å². The van der Waals surface area contributed by atoms with Crippen LogP contribution in [0.3, 0.4) is 0 Å². The average Bonchev–Trinajstić information content (AvgIpc) is 3.15. The van der Waals surface area contributed by atoms with Gasteiger partial charge in [0.25, 0.3) is 0 Å². The number of anilines is 1. The van der Waals surface area contributed by atoms with Gasteiger partial charge in [0, 0.05) is 49.3 Å². The first-order chi connectivity index (χ1) is 12.1. The molecular weight excluding hydrogens is 358 g/mol. The zero-order valence-electron chi connectivity index (χ0n) is 14.3. The molecule has 0 bridgehead atoms. The van der Waals surface area contributed by atoms with Crippen LogP contribution in [0.4, 0.5) is 5.13 Å². The first kappa shape index (κ1) is 18.6. The highest BCUT2D eigenvalue weighted by molar-refractivity contribution is 7.13. The maximum atomic E-state index is 10.3. The van der Waals surface area contributed by atoms with Crippen molar-refractivity contribution in [3.63, 3.8) is 0 Å². The lowest BCUT2D eigenvalue weighted by Crippen LogP contribution is -2.49. The summed E-state index contributed by atoms with van der Waals surface area (Å²) in [5.74, 6) is 0. The van der Waals surface area contributed by atoms with E-state index >= 15 is 0 Å². The predicted molar refractivity (Wildman–Crippen MR) is 103 cm³/mol. The second kappa shape index (κ2) is 8.96. The Bertz CT molecular complexity index is 630. The molecule has 0 spiro atoms. The van der Waals surface area contributed by atoms with Gasteiger partial charge in [-0.15, -0.1) is 11.3 Å². The van der Waals surface area contributed by atoms with Gasteiger partial charge in [-0.1, -0.05) is 23.7 Å². The lowest BCUT2D eigenvalue weighted by Gasteiger charge is -2.35. The highest BCUT2D eigenvalue weighted by Gasteiger charge is 2.21. The molecular formula is C18H24ClN3O2S. The standard InChI is InChI=1S/C18H24ClN3O2S/c1-14(15-2-4-16(19)5-3-15)24-13-17(23)12-21-7-9-22(10-8-21)18-20-6-11-25-18/h2-6,11,14,17,23H,7-10,12-13H2,1H3. The SMILES string of the molecule is CC(OCC(O)CN1CCN(c2nccs2)CC1)c1ccc(Cl)cc1. The van der Waals surface area contributed by atoms with Gasteiger partial charge < -0.3 is 14.7 Å². The Balaban J connectivity index is 1.38. The summed E-state index contributed by atoms with van der Waals surface area (Å²) in [6.07, 6.45) is 1.30. The van der Waals surface area contributed by atoms with E-state index in [2.05, 4.69) is 14.8 Å². The first-order valence-corrected chi connectivity index (χ1v) is 9.79. The maximum absolute atomic E-state index is 10.3. The van der Waals surface area contributed by atoms with Crippen LogP contribution in [0, 0.1) is 0 Å². The van der Waals surface area contributed by atoms with Crippen molar-refractivity contribution in [3.05, 3.63) is 46.4 Å². The molecule has 0 amide bonds. The van der Waals surface area contributed by atoms with Crippen molar-refractivity contribution in [2.45, 2.75) is 19.1 Å². The van der Waals surface area contributed by atoms with Crippen LogP contribution >= 0.6 is 22.9 Å². The Labute approximate surface area is 157 Å². The van der Waals surface area contributed by atoms with Gasteiger partial charge in [0.1, 0.15) is 0 Å². The van der Waals surface area contributed by atoms with E-state index in [0.717, 1.165) is 36.9 Å². The normalized spacial score (nSPS) is 18.3. The quantitative estimate of drug-likeness (QED) is 0.798. The molecule has 3 rings (SSSR count). The van der Waals surface area contributed by atoms with Gasteiger partial charge in [-0.25, -0.2) is 4.98 Å². The molecule has 7 heteroatoms. The summed E-state index contributed by atoms with van der Waals surface area (Å²) in [6, 6.07) is 7.62. The molecule has 1 aliphatic rings. The predicted octanol–water partition coefficient (Wildman–Crippen LogP) is 3.06. The zero-order chi connectivity index (χ0) is 17.6. The molecule has 25 heavy (non-hydrogen) atoms. The van der Waals surface area contributed by atoms with E-state index in [9.17, 15) is 5.11 Å². The fourth-order valence-electron chi connectivity index (χ4n) is 2.93. The zero-order valence-corrected chi connectivity index (χ0v) is 15.9. The maximum Gasteiger partial charge on any atom is 0.185 e. The van der Waals surface area contributed by atoms with Crippen LogP contribution in [0.2, 0.25) is 5.02 Å². The second-order valence-corrected chi connectivity index (χ2v) is 7.59. The summed E-state index contributed by atoms with van der Waals surface area (Å²) < 4.78 is 5.81. The minimum absolute atomic E-state index is 0.0614. The van der Waals surface area contributed by atoms with Crippen molar-refractivity contribution in [3.8, 4) is 0 Å². The molecule has 1 fully saturated rings. The summed E-state index contributed by atoms with van der Waals surface area (Å²) in [5, 5.41) is 14.1. The van der Waals surface area contributed by atoms with Gasteiger partial charge in [-0.05, 0) is 24.6 Å². The Morgan fingerprint density at radius 2 is 1.96 bits per heavy atom. The lowest BCUT2D eigenvalue weighted by atomic mass is 10.1. The van der Waals surface area contributed by atoms with Crippen LogP contribution < -0.4 is 4.90 Å². The minimum Gasteiger partial charge on any atom is -0.389 e. The molecule has 136 valence electrons. The number of β-amino-alcohol motifs (C(OH)–C–C–N with tert-alkyl or cyclic N) is 1. The van der Waals surface area contributed by atoms with Crippen molar-refractivity contribution in [1.82, 2.24) is 9.88 Å². The summed E-state index contributed by atoms with van der Waals surface area (Å²) in [7, 11) is 0. The topological polar surface area (TPSA) is 48.8 Å².